The van der Waals surface area contributed by atoms with E-state index in [2.05, 4.69) is 5.16 Å². The van der Waals surface area contributed by atoms with Crippen LogP contribution in [-0.2, 0) is 14.3 Å². The van der Waals surface area contributed by atoms with Crippen LogP contribution in [0.2, 0.25) is 0 Å². The summed E-state index contributed by atoms with van der Waals surface area (Å²) in [7, 11) is 0. The summed E-state index contributed by atoms with van der Waals surface area (Å²) in [5.41, 5.74) is 0.806. The molecule has 1 aliphatic rings. The van der Waals surface area contributed by atoms with E-state index in [-0.39, 0.29) is 13.2 Å². The molecule has 7 heteroatoms. The van der Waals surface area contributed by atoms with E-state index in [9.17, 15) is 0 Å². The van der Waals surface area contributed by atoms with Crippen LogP contribution in [0.5, 0.6) is 5.75 Å². The van der Waals surface area contributed by atoms with Gasteiger partial charge in [0.25, 0.3) is 11.7 Å². The van der Waals surface area contributed by atoms with Crippen LogP contribution >= 0.6 is 0 Å². The molecule has 0 fully saturated rings. The molecule has 1 heterocycles. The lowest BCUT2D eigenvalue weighted by Gasteiger charge is -2.14. The molecular formula is C15H21NO6. The summed E-state index contributed by atoms with van der Waals surface area (Å²) in [6, 6.07) is 7.26. The highest BCUT2D eigenvalue weighted by molar-refractivity contribution is 5.94. The molecule has 7 nitrogen and oxygen atoms in total. The number of aliphatic hydroxyl groups is 2. The third-order valence-electron chi connectivity index (χ3n) is 2.81. The topological polar surface area (TPSA) is 89.7 Å². The van der Waals surface area contributed by atoms with E-state index in [4.69, 9.17) is 29.3 Å². The van der Waals surface area contributed by atoms with Gasteiger partial charge in [-0.2, -0.15) is 0 Å². The number of aliphatic hydroxyl groups excluding tert-OH is 2. The highest BCUT2D eigenvalue weighted by Gasteiger charge is 2.30. The normalized spacial score (nSPS) is 17.4. The van der Waals surface area contributed by atoms with Crippen molar-refractivity contribution in [2.45, 2.75) is 25.7 Å². The molecule has 0 saturated carbocycles. The van der Waals surface area contributed by atoms with Crippen molar-refractivity contribution in [3.8, 4) is 5.75 Å². The fourth-order valence-corrected chi connectivity index (χ4v) is 1.72. The van der Waals surface area contributed by atoms with Crippen molar-refractivity contribution in [1.82, 2.24) is 0 Å². The third-order valence-corrected chi connectivity index (χ3v) is 2.81. The zero-order valence-electron chi connectivity index (χ0n) is 12.7. The fraction of sp³-hybridized carbons (Fsp3) is 0.533. The lowest BCUT2D eigenvalue weighted by atomic mass is 10.2. The van der Waals surface area contributed by atoms with E-state index in [0.717, 1.165) is 5.56 Å². The Hall–Kier alpha value is -1.83. The molecule has 1 aliphatic heterocycles. The Balaban J connectivity index is 1.73. The average Bonchev–Trinajstić information content (AvgIpc) is 2.87. The first kappa shape index (κ1) is 16.5. The van der Waals surface area contributed by atoms with E-state index in [1.54, 1.807) is 26.0 Å². The van der Waals surface area contributed by atoms with Gasteiger partial charge in [0, 0.05) is 19.4 Å². The fourth-order valence-electron chi connectivity index (χ4n) is 1.72. The largest absolute Gasteiger partial charge is 0.491 e. The van der Waals surface area contributed by atoms with Gasteiger partial charge in [-0.25, -0.2) is 0 Å². The van der Waals surface area contributed by atoms with Gasteiger partial charge in [-0.3, -0.25) is 0 Å². The Bertz CT molecular complexity index is 499. The summed E-state index contributed by atoms with van der Waals surface area (Å²) in [5.74, 6) is 0.396. The summed E-state index contributed by atoms with van der Waals surface area (Å²) in [5, 5.41) is 21.6. The SMILES string of the molecule is CC1(C)ON=C(c2ccc(OCCOCC(O)CO)cc2)O1. The molecule has 0 spiro atoms. The van der Waals surface area contributed by atoms with Crippen LogP contribution in [0, 0.1) is 0 Å². The second-order valence-electron chi connectivity index (χ2n) is 5.27. The van der Waals surface area contributed by atoms with Crippen LogP contribution in [0.25, 0.3) is 0 Å². The number of oxime groups is 1. The third kappa shape index (κ3) is 4.87. The van der Waals surface area contributed by atoms with E-state index >= 15 is 0 Å². The first-order valence-corrected chi connectivity index (χ1v) is 7.05. The molecule has 0 radical (unpaired) electrons. The maximum Gasteiger partial charge on any atom is 0.271 e. The second-order valence-corrected chi connectivity index (χ2v) is 5.27. The van der Waals surface area contributed by atoms with Crippen LogP contribution in [0.3, 0.4) is 0 Å². The molecule has 1 unspecified atom stereocenters. The molecule has 2 rings (SSSR count). The number of hydrogen-bond acceptors (Lipinski definition) is 7. The van der Waals surface area contributed by atoms with Crippen LogP contribution in [0.4, 0.5) is 0 Å². The second kappa shape index (κ2) is 7.44. The molecule has 2 N–H and O–H groups in total. The first-order valence-electron chi connectivity index (χ1n) is 7.05. The smallest absolute Gasteiger partial charge is 0.271 e. The number of ether oxygens (including phenoxy) is 3. The predicted molar refractivity (Wildman–Crippen MR) is 78.6 cm³/mol. The molecule has 1 aromatic rings. The van der Waals surface area contributed by atoms with Crippen molar-refractivity contribution < 1.29 is 29.3 Å². The maximum atomic E-state index is 9.10. The summed E-state index contributed by atoms with van der Waals surface area (Å²) in [6.07, 6.45) is -0.849. The molecule has 0 saturated heterocycles. The van der Waals surface area contributed by atoms with Crippen molar-refractivity contribution >= 4 is 5.90 Å². The van der Waals surface area contributed by atoms with E-state index in [1.807, 2.05) is 12.1 Å². The lowest BCUT2D eigenvalue weighted by Crippen LogP contribution is -2.22. The van der Waals surface area contributed by atoms with Crippen molar-refractivity contribution in [2.75, 3.05) is 26.4 Å². The van der Waals surface area contributed by atoms with Gasteiger partial charge in [-0.15, -0.1) is 0 Å². The number of rotatable bonds is 8. The molecule has 0 aromatic heterocycles. The van der Waals surface area contributed by atoms with Gasteiger partial charge in [0.05, 0.1) is 19.8 Å². The van der Waals surface area contributed by atoms with Crippen LogP contribution < -0.4 is 4.74 Å². The maximum absolute atomic E-state index is 9.10. The monoisotopic (exact) mass is 311 g/mol. The molecule has 0 aliphatic carbocycles. The standard InChI is InChI=1S/C15H21NO6/c1-15(2)21-14(16-22-15)11-3-5-13(6-4-11)20-8-7-19-10-12(18)9-17/h3-6,12,17-18H,7-10H2,1-2H3. The lowest BCUT2D eigenvalue weighted by molar-refractivity contribution is -0.128. The Morgan fingerprint density at radius 1 is 1.23 bits per heavy atom. The zero-order valence-corrected chi connectivity index (χ0v) is 12.7. The van der Waals surface area contributed by atoms with Gasteiger partial charge in [-0.05, 0) is 29.4 Å². The van der Waals surface area contributed by atoms with Crippen molar-refractivity contribution in [3.63, 3.8) is 0 Å². The van der Waals surface area contributed by atoms with Gasteiger partial charge >= 0.3 is 0 Å². The van der Waals surface area contributed by atoms with E-state index < -0.39 is 11.9 Å². The van der Waals surface area contributed by atoms with Crippen LogP contribution in [0.1, 0.15) is 19.4 Å². The predicted octanol–water partition coefficient (Wildman–Crippen LogP) is 0.880. The number of nitrogens with zero attached hydrogens (tertiary/aromatic N) is 1. The highest BCUT2D eigenvalue weighted by atomic mass is 16.8. The molecule has 1 atom stereocenters. The summed E-state index contributed by atoms with van der Waals surface area (Å²) < 4.78 is 16.2. The van der Waals surface area contributed by atoms with Gasteiger partial charge in [0.1, 0.15) is 18.5 Å². The number of hydrogen-bond donors (Lipinski definition) is 2. The van der Waals surface area contributed by atoms with Crippen molar-refractivity contribution in [2.24, 2.45) is 5.16 Å². The van der Waals surface area contributed by atoms with Crippen molar-refractivity contribution in [1.29, 1.82) is 0 Å². The average molecular weight is 311 g/mol. The first-order chi connectivity index (χ1) is 10.5. The summed E-state index contributed by atoms with van der Waals surface area (Å²) in [6.45, 7) is 4.03. The van der Waals surface area contributed by atoms with Crippen LogP contribution in [-0.4, -0.2) is 54.4 Å². The minimum atomic E-state index is -0.849. The van der Waals surface area contributed by atoms with Crippen molar-refractivity contribution in [3.05, 3.63) is 29.8 Å². The Morgan fingerprint density at radius 3 is 2.55 bits per heavy atom. The molecule has 0 bridgehead atoms. The van der Waals surface area contributed by atoms with Gasteiger partial charge in [0.2, 0.25) is 0 Å². The summed E-state index contributed by atoms with van der Waals surface area (Å²) >= 11 is 0. The molecular weight excluding hydrogens is 290 g/mol. The molecule has 22 heavy (non-hydrogen) atoms. The Morgan fingerprint density at radius 2 is 1.95 bits per heavy atom. The van der Waals surface area contributed by atoms with Gasteiger partial charge in [-0.1, -0.05) is 0 Å². The van der Waals surface area contributed by atoms with E-state index in [1.165, 1.54) is 0 Å². The summed E-state index contributed by atoms with van der Waals surface area (Å²) in [4.78, 5) is 5.14. The number of benzene rings is 1. The highest BCUT2D eigenvalue weighted by Crippen LogP contribution is 2.23. The van der Waals surface area contributed by atoms with Gasteiger partial charge < -0.3 is 29.3 Å². The minimum absolute atomic E-state index is 0.0890. The Labute approximate surface area is 129 Å². The Kier molecular flexibility index (Phi) is 5.59. The zero-order chi connectivity index (χ0) is 16.0. The molecule has 122 valence electrons. The molecule has 1 aromatic carbocycles. The van der Waals surface area contributed by atoms with Crippen LogP contribution in [0.15, 0.2) is 29.4 Å². The van der Waals surface area contributed by atoms with E-state index in [0.29, 0.717) is 24.9 Å². The van der Waals surface area contributed by atoms with Gasteiger partial charge in [0.15, 0.2) is 0 Å². The quantitative estimate of drug-likeness (QED) is 0.693. The minimum Gasteiger partial charge on any atom is -0.491 e. The molecule has 0 amide bonds.